The van der Waals surface area contributed by atoms with Crippen LogP contribution in [0.5, 0.6) is 0 Å². The molecule has 0 bridgehead atoms. The van der Waals surface area contributed by atoms with E-state index in [4.69, 9.17) is 0 Å². The van der Waals surface area contributed by atoms with Crippen molar-refractivity contribution in [2.75, 3.05) is 0 Å². The summed E-state index contributed by atoms with van der Waals surface area (Å²) in [6.07, 6.45) is -0.459. The van der Waals surface area contributed by atoms with Gasteiger partial charge in [-0.3, -0.25) is 4.79 Å². The Morgan fingerprint density at radius 1 is 1.10 bits per heavy atom. The Balaban J connectivity index is 2.32. The molecule has 0 radical (unpaired) electrons. The topological polar surface area (TPSA) is 17.1 Å². The molecular weight excluding hydrogens is 333 g/mol. The molecule has 1 nitrogen and oxygen atoms in total. The maximum Gasteiger partial charge on any atom is 0.167 e. The lowest BCUT2D eigenvalue weighted by molar-refractivity contribution is 0.0990. The molecule has 0 atom stereocenters. The molecule has 0 aliphatic carbocycles. The van der Waals surface area contributed by atoms with Crippen molar-refractivity contribution in [2.45, 2.75) is 13.3 Å². The molecule has 0 saturated heterocycles. The first-order valence-electron chi connectivity index (χ1n) is 5.82. The molecule has 0 saturated carbocycles. The van der Waals surface area contributed by atoms with Gasteiger partial charge in [-0.15, -0.1) is 0 Å². The Kier molecular flexibility index (Phi) is 4.28. The van der Waals surface area contributed by atoms with Crippen LogP contribution in [0.3, 0.4) is 0 Å². The van der Waals surface area contributed by atoms with Gasteiger partial charge in [0.15, 0.2) is 5.78 Å². The summed E-state index contributed by atoms with van der Waals surface area (Å²) in [5, 5.41) is 0. The van der Waals surface area contributed by atoms with Gasteiger partial charge in [-0.05, 0) is 46.6 Å². The van der Waals surface area contributed by atoms with Crippen LogP contribution in [0.2, 0.25) is 0 Å². The van der Waals surface area contributed by atoms with Crippen LogP contribution < -0.4 is 0 Å². The van der Waals surface area contributed by atoms with E-state index in [0.717, 1.165) is 12.1 Å². The minimum Gasteiger partial charge on any atom is -0.294 e. The van der Waals surface area contributed by atoms with E-state index in [0.29, 0.717) is 5.56 Å². The van der Waals surface area contributed by atoms with E-state index in [2.05, 4.69) is 15.9 Å². The van der Waals surface area contributed by atoms with E-state index in [1.165, 1.54) is 18.2 Å². The van der Waals surface area contributed by atoms with E-state index >= 15 is 0 Å². The Hall–Kier alpha value is -1.62. The van der Waals surface area contributed by atoms with E-state index in [9.17, 15) is 18.0 Å². The monoisotopic (exact) mass is 342 g/mol. The lowest BCUT2D eigenvalue weighted by Crippen LogP contribution is -2.08. The second kappa shape index (κ2) is 5.79. The molecule has 2 aromatic rings. The number of hydrogen-bond acceptors (Lipinski definition) is 1. The van der Waals surface area contributed by atoms with E-state index in [1.54, 1.807) is 6.92 Å². The van der Waals surface area contributed by atoms with Crippen molar-refractivity contribution in [1.82, 2.24) is 0 Å². The highest BCUT2D eigenvalue weighted by molar-refractivity contribution is 9.10. The van der Waals surface area contributed by atoms with Crippen molar-refractivity contribution >= 4 is 21.7 Å². The van der Waals surface area contributed by atoms with Gasteiger partial charge in [-0.1, -0.05) is 12.1 Å². The summed E-state index contributed by atoms with van der Waals surface area (Å²) in [5.74, 6) is -2.68. The number of rotatable bonds is 3. The summed E-state index contributed by atoms with van der Waals surface area (Å²) < 4.78 is 40.8. The lowest BCUT2D eigenvalue weighted by Gasteiger charge is -2.07. The molecule has 104 valence electrons. The van der Waals surface area contributed by atoms with Gasteiger partial charge in [-0.25, -0.2) is 13.2 Å². The molecule has 0 heterocycles. The van der Waals surface area contributed by atoms with Crippen molar-refractivity contribution in [1.29, 1.82) is 0 Å². The smallest absolute Gasteiger partial charge is 0.167 e. The Labute approximate surface area is 122 Å². The SMILES string of the molecule is Cc1ccc(C(=O)Cc2c(F)ccc(Br)c2F)cc1F. The van der Waals surface area contributed by atoms with Crippen LogP contribution >= 0.6 is 15.9 Å². The Bertz CT molecular complexity index is 683. The second-order valence-electron chi connectivity index (χ2n) is 4.39. The molecule has 2 rings (SSSR count). The quantitative estimate of drug-likeness (QED) is 0.588. The van der Waals surface area contributed by atoms with Crippen molar-refractivity contribution in [3.05, 3.63) is 68.9 Å². The van der Waals surface area contributed by atoms with Crippen LogP contribution in [-0.4, -0.2) is 5.78 Å². The highest BCUT2D eigenvalue weighted by Crippen LogP contribution is 2.23. The van der Waals surface area contributed by atoms with Gasteiger partial charge in [0.25, 0.3) is 0 Å². The Morgan fingerprint density at radius 3 is 2.45 bits per heavy atom. The number of ketones is 1. The molecule has 0 aliphatic rings. The molecule has 0 amide bonds. The standard InChI is InChI=1S/C15H10BrF3O/c1-8-2-3-9(6-13(8)18)14(20)7-10-12(17)5-4-11(16)15(10)19/h2-6H,7H2,1H3. The van der Waals surface area contributed by atoms with E-state index < -0.39 is 29.7 Å². The summed E-state index contributed by atoms with van der Waals surface area (Å²) in [7, 11) is 0. The fourth-order valence-electron chi connectivity index (χ4n) is 1.76. The Morgan fingerprint density at radius 2 is 1.80 bits per heavy atom. The van der Waals surface area contributed by atoms with Gasteiger partial charge in [0.1, 0.15) is 17.5 Å². The molecule has 0 aliphatic heterocycles. The van der Waals surface area contributed by atoms with Crippen LogP contribution in [-0.2, 0) is 6.42 Å². The number of carbonyl (C=O) groups is 1. The third-order valence-electron chi connectivity index (χ3n) is 2.97. The van der Waals surface area contributed by atoms with E-state index in [1.807, 2.05) is 0 Å². The third-order valence-corrected chi connectivity index (χ3v) is 3.58. The average Bonchev–Trinajstić information content (AvgIpc) is 2.42. The number of halogens is 4. The van der Waals surface area contributed by atoms with E-state index in [-0.39, 0.29) is 15.6 Å². The molecule has 0 aromatic heterocycles. The molecule has 20 heavy (non-hydrogen) atoms. The summed E-state index contributed by atoms with van der Waals surface area (Å²) in [6, 6.07) is 6.27. The number of hydrogen-bond donors (Lipinski definition) is 0. The molecule has 2 aromatic carbocycles. The lowest BCUT2D eigenvalue weighted by atomic mass is 10.0. The molecule has 0 unspecified atom stereocenters. The van der Waals surface area contributed by atoms with Gasteiger partial charge in [-0.2, -0.15) is 0 Å². The van der Waals surface area contributed by atoms with Gasteiger partial charge < -0.3 is 0 Å². The zero-order chi connectivity index (χ0) is 14.9. The molecule has 0 fully saturated rings. The third kappa shape index (κ3) is 2.93. The zero-order valence-electron chi connectivity index (χ0n) is 10.5. The predicted octanol–water partition coefficient (Wildman–Crippen LogP) is 4.60. The first-order valence-corrected chi connectivity index (χ1v) is 6.61. The predicted molar refractivity (Wildman–Crippen MR) is 73.2 cm³/mol. The highest BCUT2D eigenvalue weighted by atomic mass is 79.9. The minimum absolute atomic E-state index is 0.0804. The number of aryl methyl sites for hydroxylation is 1. The summed E-state index contributed by atoms with van der Waals surface area (Å²) in [5.41, 5.74) is 0.165. The molecule has 0 spiro atoms. The van der Waals surface area contributed by atoms with Crippen LogP contribution in [0.15, 0.2) is 34.8 Å². The van der Waals surface area contributed by atoms with Crippen molar-refractivity contribution < 1.29 is 18.0 Å². The first-order chi connectivity index (χ1) is 9.40. The number of benzene rings is 2. The highest BCUT2D eigenvalue weighted by Gasteiger charge is 2.17. The zero-order valence-corrected chi connectivity index (χ0v) is 12.1. The normalized spacial score (nSPS) is 10.7. The number of Topliss-reactive ketones (excluding diaryl/α,β-unsaturated/α-hetero) is 1. The fraction of sp³-hybridized carbons (Fsp3) is 0.133. The van der Waals surface area contributed by atoms with Crippen LogP contribution in [0.4, 0.5) is 13.2 Å². The molecular formula is C15H10BrF3O. The van der Waals surface area contributed by atoms with Gasteiger partial charge in [0.05, 0.1) is 4.47 Å². The van der Waals surface area contributed by atoms with Crippen LogP contribution in [0.25, 0.3) is 0 Å². The minimum atomic E-state index is -0.814. The molecule has 0 N–H and O–H groups in total. The van der Waals surface area contributed by atoms with Crippen molar-refractivity contribution in [3.8, 4) is 0 Å². The summed E-state index contributed by atoms with van der Waals surface area (Å²) in [6.45, 7) is 1.57. The average molecular weight is 343 g/mol. The van der Waals surface area contributed by atoms with Crippen molar-refractivity contribution in [3.63, 3.8) is 0 Å². The maximum atomic E-state index is 13.8. The fourth-order valence-corrected chi connectivity index (χ4v) is 2.13. The largest absolute Gasteiger partial charge is 0.294 e. The number of carbonyl (C=O) groups excluding carboxylic acids is 1. The van der Waals surface area contributed by atoms with Gasteiger partial charge in [0, 0.05) is 17.5 Å². The van der Waals surface area contributed by atoms with Gasteiger partial charge in [0.2, 0.25) is 0 Å². The maximum absolute atomic E-state index is 13.8. The van der Waals surface area contributed by atoms with Crippen LogP contribution in [0.1, 0.15) is 21.5 Å². The summed E-state index contributed by atoms with van der Waals surface area (Å²) in [4.78, 5) is 12.0. The molecule has 5 heteroatoms. The van der Waals surface area contributed by atoms with Crippen molar-refractivity contribution in [2.24, 2.45) is 0 Å². The summed E-state index contributed by atoms with van der Waals surface area (Å²) >= 11 is 2.93. The first kappa shape index (κ1) is 14.8. The van der Waals surface area contributed by atoms with Crippen LogP contribution in [0, 0.1) is 24.4 Å². The second-order valence-corrected chi connectivity index (χ2v) is 5.24. The van der Waals surface area contributed by atoms with Gasteiger partial charge >= 0.3 is 0 Å².